The maximum absolute atomic E-state index is 11.2. The molecule has 2 rings (SSSR count). The summed E-state index contributed by atoms with van der Waals surface area (Å²) in [6, 6.07) is 7.67. The third-order valence-electron chi connectivity index (χ3n) is 2.59. The lowest BCUT2D eigenvalue weighted by molar-refractivity contribution is 0.414. The average Bonchev–Trinajstić information content (AvgIpc) is 2.42. The molecule has 0 bridgehead atoms. The van der Waals surface area contributed by atoms with Crippen molar-refractivity contribution in [1.29, 1.82) is 0 Å². The topological polar surface area (TPSA) is 67.3 Å². The van der Waals surface area contributed by atoms with Crippen molar-refractivity contribution in [3.8, 4) is 5.75 Å². The van der Waals surface area contributed by atoms with E-state index in [2.05, 4.69) is 27.4 Å². The summed E-state index contributed by atoms with van der Waals surface area (Å²) >= 11 is 0. The molecule has 1 heterocycles. The molecule has 0 saturated carbocycles. The molecule has 0 aliphatic carbocycles. The van der Waals surface area contributed by atoms with Crippen LogP contribution in [0.2, 0.25) is 0 Å². The van der Waals surface area contributed by atoms with Crippen molar-refractivity contribution < 1.29 is 4.74 Å². The molecule has 5 nitrogen and oxygen atoms in total. The number of H-pyrrole nitrogens is 1. The molecule has 0 spiro atoms. The van der Waals surface area contributed by atoms with Gasteiger partial charge in [-0.3, -0.25) is 4.98 Å². The van der Waals surface area contributed by atoms with E-state index < -0.39 is 5.69 Å². The van der Waals surface area contributed by atoms with Gasteiger partial charge in [0.25, 0.3) is 0 Å². The van der Waals surface area contributed by atoms with Gasteiger partial charge in [-0.15, -0.1) is 0 Å². The first-order chi connectivity index (χ1) is 9.22. The quantitative estimate of drug-likeness (QED) is 0.848. The van der Waals surface area contributed by atoms with Crippen LogP contribution in [0.4, 0.5) is 5.82 Å². The first-order valence-corrected chi connectivity index (χ1v) is 5.67. The highest BCUT2D eigenvalue weighted by Crippen LogP contribution is 2.19. The van der Waals surface area contributed by atoms with Gasteiger partial charge in [-0.05, 0) is 30.1 Å². The van der Waals surface area contributed by atoms with E-state index in [4.69, 9.17) is 4.74 Å². The zero-order chi connectivity index (χ0) is 13.7. The summed E-state index contributed by atoms with van der Waals surface area (Å²) in [7, 11) is 1.62. The van der Waals surface area contributed by atoms with Gasteiger partial charge >= 0.3 is 5.69 Å². The van der Waals surface area contributed by atoms with Gasteiger partial charge in [0, 0.05) is 18.2 Å². The second kappa shape index (κ2) is 5.80. The number of rotatable bonds is 4. The highest BCUT2D eigenvalue weighted by Gasteiger charge is 2.05. The summed E-state index contributed by atoms with van der Waals surface area (Å²) < 4.78 is 5.17. The molecule has 0 fully saturated rings. The minimum absolute atomic E-state index is 0.429. The Morgan fingerprint density at radius 2 is 2.37 bits per heavy atom. The number of hydrogen-bond acceptors (Lipinski definition) is 4. The summed E-state index contributed by atoms with van der Waals surface area (Å²) in [5, 5.41) is 0. The van der Waals surface area contributed by atoms with Crippen LogP contribution in [0.3, 0.4) is 0 Å². The molecule has 0 unspecified atom stereocenters. The third-order valence-corrected chi connectivity index (χ3v) is 2.59. The minimum Gasteiger partial charge on any atom is -0.497 e. The van der Waals surface area contributed by atoms with Gasteiger partial charge in [0.2, 0.25) is 0 Å². The number of aliphatic imine (C=N–C) groups is 1. The highest BCUT2D eigenvalue weighted by atomic mass is 16.5. The van der Waals surface area contributed by atoms with E-state index >= 15 is 0 Å². The Morgan fingerprint density at radius 3 is 3.11 bits per heavy atom. The number of nitrogens with zero attached hydrogens (tertiary/aromatic N) is 2. The summed E-state index contributed by atoms with van der Waals surface area (Å²) in [5.41, 5.74) is 1.39. The maximum atomic E-state index is 11.2. The number of benzene rings is 1. The molecule has 1 aromatic carbocycles. The van der Waals surface area contributed by atoms with E-state index in [9.17, 15) is 4.79 Å². The molecule has 1 N–H and O–H groups in total. The second-order valence-electron chi connectivity index (χ2n) is 3.86. The molecule has 2 aromatic rings. The zero-order valence-corrected chi connectivity index (χ0v) is 10.5. The number of ether oxygens (including phenoxy) is 1. The smallest absolute Gasteiger partial charge is 0.346 e. The monoisotopic (exact) mass is 255 g/mol. The molecule has 0 saturated heterocycles. The highest BCUT2D eigenvalue weighted by molar-refractivity contribution is 5.55. The van der Waals surface area contributed by atoms with E-state index in [1.54, 1.807) is 7.11 Å². The number of methoxy groups -OCH3 is 1. The fourth-order valence-electron chi connectivity index (χ4n) is 1.72. The third kappa shape index (κ3) is 3.18. The lowest BCUT2D eigenvalue weighted by Crippen LogP contribution is -2.10. The Balaban J connectivity index is 2.37. The number of aromatic nitrogens is 2. The number of nitrogens with one attached hydrogen (secondary N) is 1. The standard InChI is InChI=1S/C14H13N3O2/c1-3-15-13-11(9-16-14(18)17-13)7-10-5-4-6-12(8-10)19-2/h4-6,8-9H,1,7H2,2H3,(H,16,17,18). The molecule has 96 valence electrons. The molecule has 0 radical (unpaired) electrons. The Labute approximate surface area is 110 Å². The van der Waals surface area contributed by atoms with E-state index in [1.807, 2.05) is 24.3 Å². The van der Waals surface area contributed by atoms with Crippen LogP contribution in [0.5, 0.6) is 5.75 Å². The van der Waals surface area contributed by atoms with Gasteiger partial charge in [-0.1, -0.05) is 12.1 Å². The van der Waals surface area contributed by atoms with Crippen LogP contribution in [-0.2, 0) is 6.42 Å². The Bertz CT molecular complexity index is 685. The molecular formula is C14H13N3O2. The zero-order valence-electron chi connectivity index (χ0n) is 10.5. The van der Waals surface area contributed by atoms with Crippen molar-refractivity contribution in [1.82, 2.24) is 9.97 Å². The van der Waals surface area contributed by atoms with Gasteiger partial charge in [-0.25, -0.2) is 9.78 Å². The van der Waals surface area contributed by atoms with Crippen LogP contribution in [-0.4, -0.2) is 22.9 Å². The van der Waals surface area contributed by atoms with Crippen LogP contribution < -0.4 is 10.4 Å². The van der Waals surface area contributed by atoms with E-state index in [0.717, 1.165) is 16.9 Å². The first-order valence-electron chi connectivity index (χ1n) is 5.67. The Hall–Kier alpha value is -2.65. The lowest BCUT2D eigenvalue weighted by Gasteiger charge is -2.06. The van der Waals surface area contributed by atoms with Crippen molar-refractivity contribution in [2.75, 3.05) is 7.11 Å². The second-order valence-corrected chi connectivity index (χ2v) is 3.86. The summed E-state index contributed by atoms with van der Waals surface area (Å²) in [5.74, 6) is 3.62. The summed E-state index contributed by atoms with van der Waals surface area (Å²) in [6.07, 6.45) is 2.09. The minimum atomic E-state index is -0.441. The molecule has 19 heavy (non-hydrogen) atoms. The van der Waals surface area contributed by atoms with Crippen molar-refractivity contribution in [2.24, 2.45) is 4.99 Å². The largest absolute Gasteiger partial charge is 0.497 e. The number of aromatic amines is 1. The SMILES string of the molecule is C=C=Nc1[nH]c(=O)ncc1Cc1cccc(OC)c1. The van der Waals surface area contributed by atoms with Crippen molar-refractivity contribution in [2.45, 2.75) is 6.42 Å². The fourth-order valence-corrected chi connectivity index (χ4v) is 1.72. The summed E-state index contributed by atoms with van der Waals surface area (Å²) in [6.45, 7) is 3.41. The average molecular weight is 255 g/mol. The normalized spacial score (nSPS) is 9.74. The molecule has 0 aliphatic heterocycles. The van der Waals surface area contributed by atoms with Crippen LogP contribution in [0.15, 0.2) is 46.8 Å². The van der Waals surface area contributed by atoms with Crippen LogP contribution in [0, 0.1) is 0 Å². The molecule has 0 amide bonds. The molecule has 0 aliphatic rings. The number of hydrogen-bond donors (Lipinski definition) is 1. The van der Waals surface area contributed by atoms with Crippen molar-refractivity contribution >= 4 is 11.7 Å². The van der Waals surface area contributed by atoms with Crippen molar-refractivity contribution in [3.05, 3.63) is 58.7 Å². The van der Waals surface area contributed by atoms with Crippen LogP contribution in [0.1, 0.15) is 11.1 Å². The fraction of sp³-hybridized carbons (Fsp3) is 0.143. The predicted octanol–water partition coefficient (Wildman–Crippen LogP) is 1.86. The van der Waals surface area contributed by atoms with E-state index in [0.29, 0.717) is 12.2 Å². The van der Waals surface area contributed by atoms with E-state index in [1.165, 1.54) is 6.20 Å². The van der Waals surface area contributed by atoms with Gasteiger partial charge < -0.3 is 4.74 Å². The van der Waals surface area contributed by atoms with Gasteiger partial charge in [0.15, 0.2) is 0 Å². The van der Waals surface area contributed by atoms with Crippen LogP contribution in [0.25, 0.3) is 0 Å². The van der Waals surface area contributed by atoms with Gasteiger partial charge in [0.05, 0.1) is 7.11 Å². The maximum Gasteiger partial charge on any atom is 0.346 e. The summed E-state index contributed by atoms with van der Waals surface area (Å²) in [4.78, 5) is 21.4. The molecule has 5 heteroatoms. The van der Waals surface area contributed by atoms with E-state index in [-0.39, 0.29) is 0 Å². The molecule has 0 atom stereocenters. The first kappa shape index (κ1) is 12.8. The van der Waals surface area contributed by atoms with Crippen molar-refractivity contribution in [3.63, 3.8) is 0 Å². The predicted molar refractivity (Wildman–Crippen MR) is 73.4 cm³/mol. The molecular weight excluding hydrogens is 242 g/mol. The van der Waals surface area contributed by atoms with Gasteiger partial charge in [-0.2, -0.15) is 4.99 Å². The molecule has 1 aromatic heterocycles. The van der Waals surface area contributed by atoms with Crippen LogP contribution >= 0.6 is 0 Å². The lowest BCUT2D eigenvalue weighted by atomic mass is 10.1. The Kier molecular flexibility index (Phi) is 3.90. The Morgan fingerprint density at radius 1 is 1.53 bits per heavy atom. The van der Waals surface area contributed by atoms with Gasteiger partial charge in [0.1, 0.15) is 11.6 Å².